The van der Waals surface area contributed by atoms with Crippen molar-refractivity contribution in [1.82, 2.24) is 15.4 Å². The van der Waals surface area contributed by atoms with Gasteiger partial charge in [-0.05, 0) is 20.3 Å². The van der Waals surface area contributed by atoms with Crippen molar-refractivity contribution < 1.29 is 14.1 Å². The van der Waals surface area contributed by atoms with Crippen LogP contribution < -0.4 is 5.32 Å². The van der Waals surface area contributed by atoms with Gasteiger partial charge in [-0.2, -0.15) is 0 Å². The summed E-state index contributed by atoms with van der Waals surface area (Å²) in [5.41, 5.74) is 1.81. The monoisotopic (exact) mass is 267 g/mol. The number of aromatic nitrogens is 1. The van der Waals surface area contributed by atoms with Crippen LogP contribution in [-0.2, 0) is 11.3 Å². The molecule has 6 heteroatoms. The van der Waals surface area contributed by atoms with Gasteiger partial charge in [-0.15, -0.1) is 0 Å². The third kappa shape index (κ3) is 3.47. The maximum atomic E-state index is 12.0. The van der Waals surface area contributed by atoms with E-state index in [0.717, 1.165) is 36.7 Å². The summed E-state index contributed by atoms with van der Waals surface area (Å²) in [5, 5.41) is 6.82. The fourth-order valence-electron chi connectivity index (χ4n) is 2.15. The van der Waals surface area contributed by atoms with Crippen LogP contribution in [0.1, 0.15) is 23.4 Å². The van der Waals surface area contributed by atoms with Crippen molar-refractivity contribution in [3.05, 3.63) is 17.0 Å². The van der Waals surface area contributed by atoms with E-state index in [9.17, 15) is 4.79 Å². The molecule has 1 atom stereocenters. The standard InChI is InChI=1S/C13H21N3O3/c1-9-12(10(2)19-15-9)7-16(3)13(17)14-6-11-4-5-18-8-11/h11H,4-8H2,1-3H3,(H,14,17)/t11-/m1/s1. The highest BCUT2D eigenvalue weighted by molar-refractivity contribution is 5.73. The number of nitrogens with zero attached hydrogens (tertiary/aromatic N) is 2. The van der Waals surface area contributed by atoms with Gasteiger partial charge in [0.2, 0.25) is 0 Å². The van der Waals surface area contributed by atoms with Crippen molar-refractivity contribution in [3.63, 3.8) is 0 Å². The highest BCUT2D eigenvalue weighted by atomic mass is 16.5. The van der Waals surface area contributed by atoms with E-state index in [4.69, 9.17) is 9.26 Å². The molecule has 0 aliphatic carbocycles. The molecular formula is C13H21N3O3. The second-order valence-electron chi connectivity index (χ2n) is 5.07. The van der Waals surface area contributed by atoms with Crippen molar-refractivity contribution >= 4 is 6.03 Å². The minimum Gasteiger partial charge on any atom is -0.381 e. The van der Waals surface area contributed by atoms with Crippen molar-refractivity contribution in [3.8, 4) is 0 Å². The van der Waals surface area contributed by atoms with E-state index < -0.39 is 0 Å². The minimum absolute atomic E-state index is 0.0769. The van der Waals surface area contributed by atoms with Gasteiger partial charge >= 0.3 is 6.03 Å². The van der Waals surface area contributed by atoms with E-state index in [-0.39, 0.29) is 6.03 Å². The normalized spacial score (nSPS) is 18.6. The molecule has 1 fully saturated rings. The molecule has 0 bridgehead atoms. The molecular weight excluding hydrogens is 246 g/mol. The molecule has 6 nitrogen and oxygen atoms in total. The lowest BCUT2D eigenvalue weighted by molar-refractivity contribution is 0.182. The van der Waals surface area contributed by atoms with Crippen LogP contribution in [0.3, 0.4) is 0 Å². The summed E-state index contributed by atoms with van der Waals surface area (Å²) in [6.07, 6.45) is 1.02. The topological polar surface area (TPSA) is 67.6 Å². The van der Waals surface area contributed by atoms with Gasteiger partial charge in [0.25, 0.3) is 0 Å². The fraction of sp³-hybridized carbons (Fsp3) is 0.692. The smallest absolute Gasteiger partial charge is 0.317 e. The summed E-state index contributed by atoms with van der Waals surface area (Å²) < 4.78 is 10.4. The maximum Gasteiger partial charge on any atom is 0.317 e. The molecule has 0 saturated carbocycles. The van der Waals surface area contributed by atoms with Gasteiger partial charge in [-0.1, -0.05) is 5.16 Å². The van der Waals surface area contributed by atoms with Gasteiger partial charge < -0.3 is 19.5 Å². The Morgan fingerprint density at radius 1 is 1.53 bits per heavy atom. The number of urea groups is 1. The van der Waals surface area contributed by atoms with Crippen LogP contribution in [0.15, 0.2) is 4.52 Å². The second-order valence-corrected chi connectivity index (χ2v) is 5.07. The van der Waals surface area contributed by atoms with Gasteiger partial charge in [0.1, 0.15) is 5.76 Å². The third-order valence-electron chi connectivity index (χ3n) is 3.49. The average Bonchev–Trinajstić information content (AvgIpc) is 3.00. The number of carbonyl (C=O) groups excluding carboxylic acids is 1. The molecule has 2 rings (SSSR count). The molecule has 1 aliphatic heterocycles. The van der Waals surface area contributed by atoms with Crippen LogP contribution in [0.2, 0.25) is 0 Å². The van der Waals surface area contributed by atoms with Gasteiger partial charge in [-0.3, -0.25) is 0 Å². The molecule has 0 spiro atoms. The zero-order chi connectivity index (χ0) is 13.8. The molecule has 0 radical (unpaired) electrons. The van der Waals surface area contributed by atoms with E-state index >= 15 is 0 Å². The van der Waals surface area contributed by atoms with E-state index in [1.54, 1.807) is 11.9 Å². The summed E-state index contributed by atoms with van der Waals surface area (Å²) in [4.78, 5) is 13.6. The highest BCUT2D eigenvalue weighted by Crippen LogP contribution is 2.14. The minimum atomic E-state index is -0.0769. The molecule has 19 heavy (non-hydrogen) atoms. The quantitative estimate of drug-likeness (QED) is 0.897. The van der Waals surface area contributed by atoms with Crippen LogP contribution in [0, 0.1) is 19.8 Å². The van der Waals surface area contributed by atoms with Crippen LogP contribution >= 0.6 is 0 Å². The summed E-state index contributed by atoms with van der Waals surface area (Å²) in [6.45, 7) is 6.46. The molecule has 1 aromatic heterocycles. The number of nitrogens with one attached hydrogen (secondary N) is 1. The number of amides is 2. The van der Waals surface area contributed by atoms with Crippen molar-refractivity contribution in [2.45, 2.75) is 26.8 Å². The zero-order valence-corrected chi connectivity index (χ0v) is 11.7. The summed E-state index contributed by atoms with van der Waals surface area (Å²) in [7, 11) is 1.77. The van der Waals surface area contributed by atoms with Crippen LogP contribution in [-0.4, -0.2) is 42.9 Å². The highest BCUT2D eigenvalue weighted by Gasteiger charge is 2.19. The number of ether oxygens (including phenoxy) is 1. The maximum absolute atomic E-state index is 12.0. The van der Waals surface area contributed by atoms with Gasteiger partial charge in [0.05, 0.1) is 18.8 Å². The first-order chi connectivity index (χ1) is 9.08. The first kappa shape index (κ1) is 13.9. The molecule has 1 N–H and O–H groups in total. The average molecular weight is 267 g/mol. The van der Waals surface area contributed by atoms with Gasteiger partial charge in [-0.25, -0.2) is 4.79 Å². The molecule has 2 amide bonds. The first-order valence-electron chi connectivity index (χ1n) is 6.56. The van der Waals surface area contributed by atoms with E-state index in [0.29, 0.717) is 19.0 Å². The number of rotatable bonds is 4. The molecule has 0 unspecified atom stereocenters. The summed E-state index contributed by atoms with van der Waals surface area (Å²) >= 11 is 0. The lowest BCUT2D eigenvalue weighted by Gasteiger charge is -2.19. The molecule has 2 heterocycles. The van der Waals surface area contributed by atoms with Crippen LogP contribution in [0.25, 0.3) is 0 Å². The Morgan fingerprint density at radius 3 is 2.89 bits per heavy atom. The Hall–Kier alpha value is -1.56. The van der Waals surface area contributed by atoms with E-state index in [1.807, 2.05) is 13.8 Å². The largest absolute Gasteiger partial charge is 0.381 e. The fourth-order valence-corrected chi connectivity index (χ4v) is 2.15. The zero-order valence-electron chi connectivity index (χ0n) is 11.7. The van der Waals surface area contributed by atoms with Gasteiger partial charge in [0, 0.05) is 31.7 Å². The SMILES string of the molecule is Cc1noc(C)c1CN(C)C(=O)NC[C@H]1CCOC1. The summed E-state index contributed by atoms with van der Waals surface area (Å²) in [6, 6.07) is -0.0769. The molecule has 0 aromatic carbocycles. The van der Waals surface area contributed by atoms with Crippen molar-refractivity contribution in [1.29, 1.82) is 0 Å². The molecule has 106 valence electrons. The van der Waals surface area contributed by atoms with Crippen LogP contribution in [0.4, 0.5) is 4.79 Å². The predicted molar refractivity (Wildman–Crippen MR) is 69.8 cm³/mol. The number of carbonyl (C=O) groups is 1. The molecule has 1 saturated heterocycles. The summed E-state index contributed by atoms with van der Waals surface area (Å²) in [5.74, 6) is 1.21. The Labute approximate surface area is 113 Å². The number of hydrogen-bond donors (Lipinski definition) is 1. The van der Waals surface area contributed by atoms with E-state index in [2.05, 4.69) is 10.5 Å². The lowest BCUT2D eigenvalue weighted by atomic mass is 10.1. The van der Waals surface area contributed by atoms with Crippen molar-refractivity contribution in [2.75, 3.05) is 26.8 Å². The number of hydrogen-bond acceptors (Lipinski definition) is 4. The number of aryl methyl sites for hydroxylation is 2. The second kappa shape index (κ2) is 6.06. The predicted octanol–water partition coefficient (Wildman–Crippen LogP) is 1.47. The third-order valence-corrected chi connectivity index (χ3v) is 3.49. The molecule has 1 aromatic rings. The first-order valence-corrected chi connectivity index (χ1v) is 6.56. The Kier molecular flexibility index (Phi) is 4.42. The Balaban J connectivity index is 1.82. The Bertz CT molecular complexity index is 419. The van der Waals surface area contributed by atoms with Crippen molar-refractivity contribution in [2.24, 2.45) is 5.92 Å². The Morgan fingerprint density at radius 2 is 2.32 bits per heavy atom. The van der Waals surface area contributed by atoms with Crippen LogP contribution in [0.5, 0.6) is 0 Å². The lowest BCUT2D eigenvalue weighted by Crippen LogP contribution is -2.39. The van der Waals surface area contributed by atoms with E-state index in [1.165, 1.54) is 0 Å². The molecule has 1 aliphatic rings. The van der Waals surface area contributed by atoms with Gasteiger partial charge in [0.15, 0.2) is 0 Å².